The summed E-state index contributed by atoms with van der Waals surface area (Å²) < 4.78 is 10.4. The van der Waals surface area contributed by atoms with Crippen LogP contribution in [0.3, 0.4) is 0 Å². The molecule has 0 spiro atoms. The van der Waals surface area contributed by atoms with E-state index in [4.69, 9.17) is 14.6 Å². The molecule has 0 saturated carbocycles. The van der Waals surface area contributed by atoms with Crippen LogP contribution in [0.1, 0.15) is 10.4 Å². The van der Waals surface area contributed by atoms with Crippen molar-refractivity contribution < 1.29 is 19.4 Å². The number of benzene rings is 1. The van der Waals surface area contributed by atoms with Crippen LogP contribution >= 0.6 is 0 Å². The summed E-state index contributed by atoms with van der Waals surface area (Å²) in [6, 6.07) is 6.35. The monoisotopic (exact) mass is 259 g/mol. The topological polar surface area (TPSA) is 88.6 Å². The summed E-state index contributed by atoms with van der Waals surface area (Å²) in [5.74, 6) is 0.0467. The van der Waals surface area contributed by atoms with Gasteiger partial charge in [0.25, 0.3) is 5.56 Å². The Morgan fingerprint density at radius 1 is 1.21 bits per heavy atom. The molecule has 0 amide bonds. The molecule has 0 aliphatic carbocycles. The minimum absolute atomic E-state index is 0.0206. The maximum Gasteiger partial charge on any atom is 0.337 e. The van der Waals surface area contributed by atoms with Crippen LogP contribution in [0, 0.1) is 0 Å². The number of rotatable bonds is 2. The molecular weight excluding hydrogens is 250 g/mol. The van der Waals surface area contributed by atoms with E-state index < -0.39 is 5.97 Å². The molecule has 6 heteroatoms. The highest BCUT2D eigenvalue weighted by Crippen LogP contribution is 2.35. The normalized spacial score (nSPS) is 12.4. The molecule has 1 aromatic heterocycles. The molecule has 6 nitrogen and oxygen atoms in total. The number of ether oxygens (including phenoxy) is 2. The minimum atomic E-state index is -1.10. The number of pyridine rings is 1. The second-order valence-electron chi connectivity index (χ2n) is 4.00. The third kappa shape index (κ3) is 1.93. The van der Waals surface area contributed by atoms with Gasteiger partial charge in [-0.1, -0.05) is 6.07 Å². The number of aromatic nitrogens is 1. The quantitative estimate of drug-likeness (QED) is 0.852. The fraction of sp³-hybridized carbons (Fsp3) is 0.0769. The van der Waals surface area contributed by atoms with Crippen molar-refractivity contribution in [2.24, 2.45) is 0 Å². The van der Waals surface area contributed by atoms with Gasteiger partial charge in [0.2, 0.25) is 6.79 Å². The van der Waals surface area contributed by atoms with Gasteiger partial charge in [-0.3, -0.25) is 4.79 Å². The van der Waals surface area contributed by atoms with Crippen LogP contribution in [0.2, 0.25) is 0 Å². The van der Waals surface area contributed by atoms with Crippen LogP contribution in [-0.2, 0) is 0 Å². The zero-order valence-corrected chi connectivity index (χ0v) is 9.67. The van der Waals surface area contributed by atoms with E-state index >= 15 is 0 Å². The largest absolute Gasteiger partial charge is 0.478 e. The van der Waals surface area contributed by atoms with E-state index in [0.29, 0.717) is 17.1 Å². The molecule has 2 aromatic rings. The SMILES string of the molecule is O=C(O)c1c[nH]c(=O)c(-c2ccc3c(c2)OCO3)c1. The number of carboxylic acid groups (broad SMARTS) is 1. The molecule has 0 bridgehead atoms. The summed E-state index contributed by atoms with van der Waals surface area (Å²) in [5.41, 5.74) is 0.517. The van der Waals surface area contributed by atoms with Gasteiger partial charge >= 0.3 is 5.97 Å². The molecule has 1 aromatic carbocycles. The van der Waals surface area contributed by atoms with E-state index in [9.17, 15) is 9.59 Å². The molecule has 0 unspecified atom stereocenters. The molecule has 0 radical (unpaired) electrons. The van der Waals surface area contributed by atoms with Crippen LogP contribution in [0.4, 0.5) is 0 Å². The Labute approximate surface area is 107 Å². The highest BCUT2D eigenvalue weighted by atomic mass is 16.7. The Bertz CT molecular complexity index is 719. The van der Waals surface area contributed by atoms with Gasteiger partial charge in [-0.25, -0.2) is 4.79 Å². The average molecular weight is 259 g/mol. The highest BCUT2D eigenvalue weighted by molar-refractivity contribution is 5.88. The summed E-state index contributed by atoms with van der Waals surface area (Å²) in [6.07, 6.45) is 1.17. The highest BCUT2D eigenvalue weighted by Gasteiger charge is 2.16. The summed E-state index contributed by atoms with van der Waals surface area (Å²) in [5, 5.41) is 8.94. The number of hydrogen-bond acceptors (Lipinski definition) is 4. The molecule has 1 aliphatic rings. The molecule has 1 aliphatic heterocycles. The van der Waals surface area contributed by atoms with Crippen molar-refractivity contribution in [3.05, 3.63) is 46.4 Å². The predicted octanol–water partition coefficient (Wildman–Crippen LogP) is 1.47. The Morgan fingerprint density at radius 3 is 2.79 bits per heavy atom. The van der Waals surface area contributed by atoms with Gasteiger partial charge in [-0.05, 0) is 23.8 Å². The Kier molecular flexibility index (Phi) is 2.49. The van der Waals surface area contributed by atoms with Crippen molar-refractivity contribution in [2.45, 2.75) is 0 Å². The second-order valence-corrected chi connectivity index (χ2v) is 4.00. The third-order valence-electron chi connectivity index (χ3n) is 2.83. The summed E-state index contributed by atoms with van der Waals surface area (Å²) in [7, 11) is 0. The average Bonchev–Trinajstić information content (AvgIpc) is 2.86. The van der Waals surface area contributed by atoms with Gasteiger partial charge in [-0.2, -0.15) is 0 Å². The molecule has 19 heavy (non-hydrogen) atoms. The van der Waals surface area contributed by atoms with Crippen LogP contribution < -0.4 is 15.0 Å². The van der Waals surface area contributed by atoms with Crippen molar-refractivity contribution in [1.82, 2.24) is 4.98 Å². The maximum atomic E-state index is 11.8. The first-order valence-corrected chi connectivity index (χ1v) is 5.51. The van der Waals surface area contributed by atoms with Gasteiger partial charge in [-0.15, -0.1) is 0 Å². The smallest absolute Gasteiger partial charge is 0.337 e. The number of aromatic amines is 1. The van der Waals surface area contributed by atoms with E-state index in [0.717, 1.165) is 0 Å². The van der Waals surface area contributed by atoms with Crippen LogP contribution in [0.25, 0.3) is 11.1 Å². The fourth-order valence-electron chi connectivity index (χ4n) is 1.89. The summed E-state index contributed by atoms with van der Waals surface area (Å²) in [4.78, 5) is 25.1. The molecule has 0 saturated heterocycles. The van der Waals surface area contributed by atoms with E-state index in [1.165, 1.54) is 12.3 Å². The lowest BCUT2D eigenvalue weighted by Gasteiger charge is -2.03. The number of fused-ring (bicyclic) bond motifs is 1. The van der Waals surface area contributed by atoms with E-state index in [1.807, 2.05) is 0 Å². The predicted molar refractivity (Wildman–Crippen MR) is 65.6 cm³/mol. The minimum Gasteiger partial charge on any atom is -0.478 e. The molecule has 0 atom stereocenters. The Hall–Kier alpha value is -2.76. The van der Waals surface area contributed by atoms with Gasteiger partial charge in [0.1, 0.15) is 0 Å². The number of hydrogen-bond donors (Lipinski definition) is 2. The number of H-pyrrole nitrogens is 1. The number of carboxylic acids is 1. The molecule has 96 valence electrons. The van der Waals surface area contributed by atoms with Gasteiger partial charge in [0, 0.05) is 11.8 Å². The zero-order valence-electron chi connectivity index (χ0n) is 9.67. The Morgan fingerprint density at radius 2 is 2.00 bits per heavy atom. The summed E-state index contributed by atoms with van der Waals surface area (Å²) >= 11 is 0. The van der Waals surface area contributed by atoms with Crippen LogP contribution in [-0.4, -0.2) is 22.9 Å². The third-order valence-corrected chi connectivity index (χ3v) is 2.83. The first-order valence-electron chi connectivity index (χ1n) is 5.51. The van der Waals surface area contributed by atoms with Gasteiger partial charge in [0.15, 0.2) is 11.5 Å². The maximum absolute atomic E-state index is 11.8. The molecule has 0 fully saturated rings. The molecular formula is C13H9NO5. The van der Waals surface area contributed by atoms with Crippen molar-refractivity contribution in [3.8, 4) is 22.6 Å². The van der Waals surface area contributed by atoms with E-state index in [2.05, 4.69) is 4.98 Å². The lowest BCUT2D eigenvalue weighted by molar-refractivity contribution is 0.0696. The number of carbonyl (C=O) groups is 1. The lowest BCUT2D eigenvalue weighted by Crippen LogP contribution is -2.11. The second kappa shape index (κ2) is 4.16. The van der Waals surface area contributed by atoms with Crippen molar-refractivity contribution in [2.75, 3.05) is 6.79 Å². The van der Waals surface area contributed by atoms with Crippen LogP contribution in [0.15, 0.2) is 35.3 Å². The van der Waals surface area contributed by atoms with Crippen molar-refractivity contribution in [1.29, 1.82) is 0 Å². The fourth-order valence-corrected chi connectivity index (χ4v) is 1.89. The molecule has 2 heterocycles. The molecule has 3 rings (SSSR count). The van der Waals surface area contributed by atoms with Crippen molar-refractivity contribution in [3.63, 3.8) is 0 Å². The first-order chi connectivity index (χ1) is 9.15. The standard InChI is InChI=1S/C13H9NO5/c15-12-9(3-8(5-14-12)13(16)17)7-1-2-10-11(4-7)19-6-18-10/h1-5H,6H2,(H,14,15)(H,16,17). The number of nitrogens with one attached hydrogen (secondary N) is 1. The zero-order chi connectivity index (χ0) is 13.4. The van der Waals surface area contributed by atoms with Crippen LogP contribution in [0.5, 0.6) is 11.5 Å². The van der Waals surface area contributed by atoms with Crippen molar-refractivity contribution >= 4 is 5.97 Å². The number of aromatic carboxylic acids is 1. The van der Waals surface area contributed by atoms with E-state index in [1.54, 1.807) is 18.2 Å². The summed E-state index contributed by atoms with van der Waals surface area (Å²) in [6.45, 7) is 0.143. The Balaban J connectivity index is 2.13. The first kappa shape index (κ1) is 11.3. The lowest BCUT2D eigenvalue weighted by atomic mass is 10.1. The molecule has 2 N–H and O–H groups in total. The van der Waals surface area contributed by atoms with Gasteiger partial charge in [0.05, 0.1) is 5.56 Å². The van der Waals surface area contributed by atoms with E-state index in [-0.39, 0.29) is 23.5 Å². The van der Waals surface area contributed by atoms with Gasteiger partial charge < -0.3 is 19.6 Å².